The van der Waals surface area contributed by atoms with Crippen LogP contribution in [0.3, 0.4) is 0 Å². The Bertz CT molecular complexity index is 1190. The second kappa shape index (κ2) is 13.9. The maximum Gasteiger partial charge on any atom is 0.0948 e. The van der Waals surface area contributed by atoms with Gasteiger partial charge < -0.3 is 20.4 Å². The van der Waals surface area contributed by atoms with Gasteiger partial charge in [0.05, 0.1) is 11.9 Å². The lowest BCUT2D eigenvalue weighted by Crippen LogP contribution is -2.43. The fourth-order valence-electron chi connectivity index (χ4n) is 5.65. The second-order valence-electron chi connectivity index (χ2n) is 11.2. The number of piperazine rings is 1. The number of hydrogen-bond acceptors (Lipinski definition) is 6. The highest BCUT2D eigenvalue weighted by Gasteiger charge is 2.20. The smallest absolute Gasteiger partial charge is 0.0948 e. The summed E-state index contributed by atoms with van der Waals surface area (Å²) in [4.78, 5) is 16.8. The Balaban J connectivity index is 1.56. The molecule has 0 amide bonds. The minimum Gasteiger partial charge on any atom is -0.372 e. The van der Waals surface area contributed by atoms with Crippen LogP contribution in [0.4, 0.5) is 0 Å². The molecule has 210 valence electrons. The second-order valence-corrected chi connectivity index (χ2v) is 11.2. The van der Waals surface area contributed by atoms with Crippen LogP contribution in [0.5, 0.6) is 0 Å². The number of rotatable bonds is 10. The Kier molecular flexibility index (Phi) is 10.4. The molecule has 1 unspecified atom stereocenters. The van der Waals surface area contributed by atoms with Crippen molar-refractivity contribution < 1.29 is 0 Å². The molecule has 2 aliphatic heterocycles. The predicted octanol–water partition coefficient (Wildman–Crippen LogP) is 5.17. The van der Waals surface area contributed by atoms with E-state index in [1.54, 1.807) is 0 Å². The van der Waals surface area contributed by atoms with E-state index in [4.69, 9.17) is 10.7 Å². The lowest BCUT2D eigenvalue weighted by Gasteiger charge is -2.34. The molecule has 39 heavy (non-hydrogen) atoms. The number of benzene rings is 1. The number of hydrogen-bond donors (Lipinski definition) is 1. The van der Waals surface area contributed by atoms with Gasteiger partial charge in [0.15, 0.2) is 0 Å². The van der Waals surface area contributed by atoms with Crippen LogP contribution >= 0.6 is 0 Å². The van der Waals surface area contributed by atoms with Crippen molar-refractivity contribution in [2.75, 3.05) is 39.8 Å². The van der Waals surface area contributed by atoms with E-state index in [1.165, 1.54) is 33.6 Å². The summed E-state index contributed by atoms with van der Waals surface area (Å²) in [6, 6.07) is 9.22. The van der Waals surface area contributed by atoms with Gasteiger partial charge in [-0.3, -0.25) is 9.98 Å². The first-order valence-electron chi connectivity index (χ1n) is 14.8. The van der Waals surface area contributed by atoms with Crippen molar-refractivity contribution in [1.82, 2.24) is 19.7 Å². The summed E-state index contributed by atoms with van der Waals surface area (Å²) in [6.45, 7) is 14.8. The highest BCUT2D eigenvalue weighted by atomic mass is 15.2. The SMILES string of the molecule is CC/C=C(/Cc1cncc(CCC)c1)N1CCc2ccc(C(/C=C(\C)N3CCN(C)CC3)=N/C(C)N)cc2C1. The van der Waals surface area contributed by atoms with E-state index < -0.39 is 0 Å². The van der Waals surface area contributed by atoms with E-state index in [0.29, 0.717) is 0 Å². The first-order valence-corrected chi connectivity index (χ1v) is 14.8. The first kappa shape index (κ1) is 29.0. The minimum atomic E-state index is -0.250. The molecule has 1 aromatic heterocycles. The molecule has 0 spiro atoms. The van der Waals surface area contributed by atoms with Gasteiger partial charge in [0, 0.05) is 75.0 Å². The highest BCUT2D eigenvalue weighted by Crippen LogP contribution is 2.26. The molecule has 6 heteroatoms. The van der Waals surface area contributed by atoms with Gasteiger partial charge in [-0.1, -0.05) is 44.5 Å². The Morgan fingerprint density at radius 3 is 2.51 bits per heavy atom. The van der Waals surface area contributed by atoms with Crippen molar-refractivity contribution in [1.29, 1.82) is 0 Å². The third-order valence-corrected chi connectivity index (χ3v) is 7.83. The van der Waals surface area contributed by atoms with E-state index in [-0.39, 0.29) is 6.17 Å². The topological polar surface area (TPSA) is 61.0 Å². The standard InChI is InChI=1S/C33H48N6/c1-6-8-27-19-28(23-35-22-27)20-32(9-7-2)39-13-12-29-10-11-30(21-31(29)24-39)33(36-26(4)34)18-25(3)38-16-14-37(5)15-17-38/h9-11,18-19,21-23,26H,6-8,12-17,20,24,34H2,1-5H3/b25-18+,32-9-,36-33+. The van der Waals surface area contributed by atoms with Crippen molar-refractivity contribution >= 4 is 5.71 Å². The molecule has 2 N–H and O–H groups in total. The monoisotopic (exact) mass is 528 g/mol. The van der Waals surface area contributed by atoms with Gasteiger partial charge in [-0.2, -0.15) is 0 Å². The Morgan fingerprint density at radius 2 is 1.79 bits per heavy atom. The van der Waals surface area contributed by atoms with E-state index in [0.717, 1.165) is 82.6 Å². The van der Waals surface area contributed by atoms with Gasteiger partial charge >= 0.3 is 0 Å². The fourth-order valence-corrected chi connectivity index (χ4v) is 5.65. The van der Waals surface area contributed by atoms with E-state index in [9.17, 15) is 0 Å². The van der Waals surface area contributed by atoms with Gasteiger partial charge in [0.25, 0.3) is 0 Å². The largest absolute Gasteiger partial charge is 0.372 e. The molecule has 2 aromatic rings. The lowest BCUT2D eigenvalue weighted by molar-refractivity contribution is 0.187. The Morgan fingerprint density at radius 1 is 1.03 bits per heavy atom. The number of nitrogens with zero attached hydrogens (tertiary/aromatic N) is 5. The molecule has 0 bridgehead atoms. The van der Waals surface area contributed by atoms with Crippen LogP contribution in [-0.2, 0) is 25.8 Å². The maximum absolute atomic E-state index is 6.18. The molecule has 0 aliphatic carbocycles. The van der Waals surface area contributed by atoms with Crippen molar-refractivity contribution in [2.24, 2.45) is 10.7 Å². The predicted molar refractivity (Wildman–Crippen MR) is 164 cm³/mol. The molecule has 3 heterocycles. The van der Waals surface area contributed by atoms with Crippen molar-refractivity contribution in [3.8, 4) is 0 Å². The van der Waals surface area contributed by atoms with E-state index >= 15 is 0 Å². The van der Waals surface area contributed by atoms with Gasteiger partial charge in [0.2, 0.25) is 0 Å². The van der Waals surface area contributed by atoms with Gasteiger partial charge in [0.1, 0.15) is 0 Å². The summed E-state index contributed by atoms with van der Waals surface area (Å²) in [5.74, 6) is 0. The van der Waals surface area contributed by atoms with Crippen LogP contribution < -0.4 is 5.73 Å². The Labute approximate surface area is 236 Å². The molecule has 1 atom stereocenters. The zero-order chi connectivity index (χ0) is 27.8. The molecule has 4 rings (SSSR count). The van der Waals surface area contributed by atoms with Crippen LogP contribution in [0.15, 0.2) is 65.2 Å². The van der Waals surface area contributed by atoms with Crippen molar-refractivity contribution in [3.05, 3.63) is 88.0 Å². The maximum atomic E-state index is 6.18. The summed E-state index contributed by atoms with van der Waals surface area (Å²) < 4.78 is 0. The normalized spacial score (nSPS) is 18.4. The van der Waals surface area contributed by atoms with Gasteiger partial charge in [-0.15, -0.1) is 0 Å². The number of pyridine rings is 1. The molecular formula is C33H48N6. The summed E-state index contributed by atoms with van der Waals surface area (Å²) >= 11 is 0. The average Bonchev–Trinajstić information content (AvgIpc) is 2.92. The zero-order valence-electron chi connectivity index (χ0n) is 24.8. The number of aromatic nitrogens is 1. The number of fused-ring (bicyclic) bond motifs is 1. The van der Waals surface area contributed by atoms with E-state index in [1.807, 2.05) is 19.3 Å². The Hall–Kier alpha value is -2.96. The molecule has 0 saturated carbocycles. The average molecular weight is 529 g/mol. The van der Waals surface area contributed by atoms with Crippen LogP contribution in [0.25, 0.3) is 0 Å². The molecule has 1 aromatic carbocycles. The van der Waals surface area contributed by atoms with Gasteiger partial charge in [-0.25, -0.2) is 0 Å². The highest BCUT2D eigenvalue weighted by molar-refractivity contribution is 6.09. The van der Waals surface area contributed by atoms with Crippen molar-refractivity contribution in [3.63, 3.8) is 0 Å². The minimum absolute atomic E-state index is 0.250. The number of aliphatic imine (C=N–C) groups is 1. The summed E-state index contributed by atoms with van der Waals surface area (Å²) in [7, 11) is 2.19. The molecule has 1 saturated heterocycles. The van der Waals surface area contributed by atoms with Crippen LogP contribution in [0, 0.1) is 0 Å². The van der Waals surface area contributed by atoms with Gasteiger partial charge in [-0.05, 0) is 74.6 Å². The molecule has 6 nitrogen and oxygen atoms in total. The number of aryl methyl sites for hydroxylation is 1. The quantitative estimate of drug-likeness (QED) is 0.431. The lowest BCUT2D eigenvalue weighted by atomic mass is 9.94. The molecule has 2 aliphatic rings. The summed E-state index contributed by atoms with van der Waals surface area (Å²) in [5.41, 5.74) is 16.4. The molecule has 0 radical (unpaired) electrons. The van der Waals surface area contributed by atoms with Crippen molar-refractivity contribution in [2.45, 2.75) is 72.5 Å². The third-order valence-electron chi connectivity index (χ3n) is 7.83. The molecular weight excluding hydrogens is 480 g/mol. The van der Waals surface area contributed by atoms with Crippen LogP contribution in [0.2, 0.25) is 0 Å². The van der Waals surface area contributed by atoms with Crippen LogP contribution in [0.1, 0.15) is 68.4 Å². The van der Waals surface area contributed by atoms with Crippen LogP contribution in [-0.4, -0.2) is 71.3 Å². The number of allylic oxidation sites excluding steroid dienone is 4. The fraction of sp³-hybridized carbons (Fsp3) is 0.515. The summed E-state index contributed by atoms with van der Waals surface area (Å²) in [5, 5.41) is 0. The first-order chi connectivity index (χ1) is 18.9. The number of nitrogens with two attached hydrogens (primary N) is 1. The third kappa shape index (κ3) is 8.02. The summed E-state index contributed by atoms with van der Waals surface area (Å²) in [6.07, 6.45) is 13.7. The molecule has 1 fully saturated rings. The zero-order valence-corrected chi connectivity index (χ0v) is 24.8. The van der Waals surface area contributed by atoms with E-state index in [2.05, 4.69) is 83.9 Å². The number of likely N-dealkylation sites (N-methyl/N-ethyl adjacent to an activating group) is 1.